The molecule has 0 radical (unpaired) electrons. The summed E-state index contributed by atoms with van der Waals surface area (Å²) >= 11 is 0. The topological polar surface area (TPSA) is 60.8 Å². The van der Waals surface area contributed by atoms with E-state index in [1.807, 2.05) is 4.90 Å². The Morgan fingerprint density at radius 1 is 1.50 bits per heavy atom. The van der Waals surface area contributed by atoms with Crippen molar-refractivity contribution in [1.82, 2.24) is 4.90 Å². The molecule has 1 aromatic rings. The van der Waals surface area contributed by atoms with Crippen LogP contribution in [-0.4, -0.2) is 40.1 Å². The number of carbonyl (C=O) groups excluding carboxylic acids is 1. The van der Waals surface area contributed by atoms with Gasteiger partial charge in [-0.05, 0) is 37.9 Å². The average molecular weight is 281 g/mol. The Labute approximate surface area is 117 Å². The lowest BCUT2D eigenvalue weighted by molar-refractivity contribution is 0.101. The van der Waals surface area contributed by atoms with Crippen LogP contribution in [0.3, 0.4) is 0 Å². The van der Waals surface area contributed by atoms with Gasteiger partial charge in [-0.1, -0.05) is 6.92 Å². The van der Waals surface area contributed by atoms with Crippen molar-refractivity contribution >= 4 is 5.78 Å². The molecule has 0 aromatic heterocycles. The van der Waals surface area contributed by atoms with Gasteiger partial charge in [0.1, 0.15) is 11.6 Å². The molecule has 0 amide bonds. The lowest BCUT2D eigenvalue weighted by atomic mass is 10.0. The highest BCUT2D eigenvalue weighted by molar-refractivity contribution is 5.97. The molecule has 20 heavy (non-hydrogen) atoms. The molecule has 2 rings (SSSR count). The van der Waals surface area contributed by atoms with Gasteiger partial charge in [-0.25, -0.2) is 4.39 Å². The van der Waals surface area contributed by atoms with Gasteiger partial charge in [0.05, 0.1) is 12.2 Å². The molecule has 0 spiro atoms. The number of phenols is 1. The molecule has 1 heterocycles. The van der Waals surface area contributed by atoms with Crippen LogP contribution in [0.5, 0.6) is 5.75 Å². The predicted octanol–water partition coefficient (Wildman–Crippen LogP) is 1.94. The number of rotatable bonds is 4. The van der Waals surface area contributed by atoms with Gasteiger partial charge in [-0.2, -0.15) is 0 Å². The molecule has 5 heteroatoms. The zero-order chi connectivity index (χ0) is 14.9. The maximum Gasteiger partial charge on any atom is 0.163 e. The van der Waals surface area contributed by atoms with Crippen molar-refractivity contribution in [2.75, 3.05) is 13.2 Å². The maximum atomic E-state index is 13.6. The van der Waals surface area contributed by atoms with Gasteiger partial charge in [0.15, 0.2) is 5.78 Å². The second-order valence-corrected chi connectivity index (χ2v) is 5.50. The summed E-state index contributed by atoms with van der Waals surface area (Å²) in [5.74, 6) is -0.689. The summed E-state index contributed by atoms with van der Waals surface area (Å²) in [6.07, 6.45) is 0.959. The summed E-state index contributed by atoms with van der Waals surface area (Å²) in [7, 11) is 0. The molecule has 1 saturated heterocycles. The van der Waals surface area contributed by atoms with E-state index in [0.29, 0.717) is 18.0 Å². The number of aromatic hydroxyl groups is 1. The Kier molecular flexibility index (Phi) is 4.40. The molecule has 0 bridgehead atoms. The molecule has 0 aliphatic carbocycles. The Morgan fingerprint density at radius 2 is 2.20 bits per heavy atom. The third kappa shape index (κ3) is 2.83. The zero-order valence-electron chi connectivity index (χ0n) is 11.8. The standard InChI is InChI=1S/C15H20FNO3/c1-9-3-4-17(14(9)8-18)7-11-5-12(16)6-13(10(2)19)15(11)20/h5-6,9,14,18,20H,3-4,7-8H2,1-2H3. The fourth-order valence-corrected chi connectivity index (χ4v) is 2.84. The van der Waals surface area contributed by atoms with Crippen LogP contribution in [0.25, 0.3) is 0 Å². The first-order valence-electron chi connectivity index (χ1n) is 6.81. The van der Waals surface area contributed by atoms with E-state index in [2.05, 4.69) is 6.92 Å². The monoisotopic (exact) mass is 281 g/mol. The number of phenolic OH excluding ortho intramolecular Hbond substituents is 1. The molecular formula is C15H20FNO3. The first-order valence-corrected chi connectivity index (χ1v) is 6.81. The number of hydrogen-bond acceptors (Lipinski definition) is 4. The highest BCUT2D eigenvalue weighted by Crippen LogP contribution is 2.30. The smallest absolute Gasteiger partial charge is 0.163 e. The Balaban J connectivity index is 2.28. The van der Waals surface area contributed by atoms with Crippen molar-refractivity contribution < 1.29 is 19.4 Å². The predicted molar refractivity (Wildman–Crippen MR) is 73.1 cm³/mol. The average Bonchev–Trinajstić information content (AvgIpc) is 2.73. The largest absolute Gasteiger partial charge is 0.507 e. The summed E-state index contributed by atoms with van der Waals surface area (Å²) in [5, 5.41) is 19.5. The summed E-state index contributed by atoms with van der Waals surface area (Å²) in [6.45, 7) is 4.52. The summed E-state index contributed by atoms with van der Waals surface area (Å²) in [4.78, 5) is 13.4. The SMILES string of the molecule is CC(=O)c1cc(F)cc(CN2CCC(C)C2CO)c1O. The third-order valence-corrected chi connectivity index (χ3v) is 4.09. The van der Waals surface area contributed by atoms with E-state index in [1.165, 1.54) is 13.0 Å². The van der Waals surface area contributed by atoms with Crippen molar-refractivity contribution in [3.05, 3.63) is 29.1 Å². The fraction of sp³-hybridized carbons (Fsp3) is 0.533. The number of halogens is 1. The summed E-state index contributed by atoms with van der Waals surface area (Å²) in [6, 6.07) is 2.31. The molecule has 4 nitrogen and oxygen atoms in total. The first-order chi connectivity index (χ1) is 9.43. The van der Waals surface area contributed by atoms with Crippen molar-refractivity contribution in [3.63, 3.8) is 0 Å². The number of Topliss-reactive ketones (excluding diaryl/α,β-unsaturated/α-hetero) is 1. The number of hydrogen-bond donors (Lipinski definition) is 2. The number of benzene rings is 1. The van der Waals surface area contributed by atoms with Crippen LogP contribution >= 0.6 is 0 Å². The van der Waals surface area contributed by atoms with Crippen LogP contribution in [0, 0.1) is 11.7 Å². The van der Waals surface area contributed by atoms with E-state index >= 15 is 0 Å². The third-order valence-electron chi connectivity index (χ3n) is 4.09. The van der Waals surface area contributed by atoms with Gasteiger partial charge in [-0.15, -0.1) is 0 Å². The first kappa shape index (κ1) is 14.9. The van der Waals surface area contributed by atoms with E-state index in [-0.39, 0.29) is 29.7 Å². The quantitative estimate of drug-likeness (QED) is 0.828. The Hall–Kier alpha value is -1.46. The number of ketones is 1. The van der Waals surface area contributed by atoms with Gasteiger partial charge in [0.2, 0.25) is 0 Å². The molecule has 2 N–H and O–H groups in total. The van der Waals surface area contributed by atoms with Gasteiger partial charge in [0, 0.05) is 18.2 Å². The fourth-order valence-electron chi connectivity index (χ4n) is 2.84. The summed E-state index contributed by atoms with van der Waals surface area (Å²) < 4.78 is 13.6. The maximum absolute atomic E-state index is 13.6. The lowest BCUT2D eigenvalue weighted by Gasteiger charge is -2.25. The van der Waals surface area contributed by atoms with Crippen LogP contribution < -0.4 is 0 Å². The van der Waals surface area contributed by atoms with Crippen molar-refractivity contribution in [2.45, 2.75) is 32.9 Å². The minimum absolute atomic E-state index is 0.00722. The van der Waals surface area contributed by atoms with E-state index in [9.17, 15) is 19.4 Å². The number of carbonyl (C=O) groups is 1. The zero-order valence-corrected chi connectivity index (χ0v) is 11.8. The Morgan fingerprint density at radius 3 is 2.80 bits per heavy atom. The molecule has 1 aromatic carbocycles. The minimum Gasteiger partial charge on any atom is -0.507 e. The molecule has 1 aliphatic heterocycles. The molecule has 1 aliphatic rings. The summed E-state index contributed by atoms with van der Waals surface area (Å²) in [5.41, 5.74) is 0.399. The minimum atomic E-state index is -0.532. The molecular weight excluding hydrogens is 261 g/mol. The number of aliphatic hydroxyl groups excluding tert-OH is 1. The Bertz CT molecular complexity index is 518. The van der Waals surface area contributed by atoms with Gasteiger partial charge >= 0.3 is 0 Å². The van der Waals surface area contributed by atoms with E-state index in [4.69, 9.17) is 0 Å². The molecule has 2 atom stereocenters. The van der Waals surface area contributed by atoms with E-state index in [1.54, 1.807) is 0 Å². The highest BCUT2D eigenvalue weighted by atomic mass is 19.1. The van der Waals surface area contributed by atoms with Crippen LogP contribution in [-0.2, 0) is 6.54 Å². The van der Waals surface area contributed by atoms with Gasteiger partial charge in [-0.3, -0.25) is 9.69 Å². The number of aliphatic hydroxyl groups is 1. The molecule has 2 unspecified atom stereocenters. The van der Waals surface area contributed by atoms with Gasteiger partial charge in [0.25, 0.3) is 0 Å². The number of nitrogens with zero attached hydrogens (tertiary/aromatic N) is 1. The lowest BCUT2D eigenvalue weighted by Crippen LogP contribution is -2.34. The second kappa shape index (κ2) is 5.89. The van der Waals surface area contributed by atoms with Crippen LogP contribution in [0.15, 0.2) is 12.1 Å². The van der Waals surface area contributed by atoms with Crippen molar-refractivity contribution in [2.24, 2.45) is 5.92 Å². The van der Waals surface area contributed by atoms with E-state index < -0.39 is 5.82 Å². The van der Waals surface area contributed by atoms with Crippen LogP contribution in [0.2, 0.25) is 0 Å². The molecule has 1 fully saturated rings. The van der Waals surface area contributed by atoms with Crippen LogP contribution in [0.1, 0.15) is 36.2 Å². The number of likely N-dealkylation sites (tertiary alicyclic amines) is 1. The van der Waals surface area contributed by atoms with Gasteiger partial charge < -0.3 is 10.2 Å². The van der Waals surface area contributed by atoms with Crippen molar-refractivity contribution in [3.8, 4) is 5.75 Å². The second-order valence-electron chi connectivity index (χ2n) is 5.50. The van der Waals surface area contributed by atoms with Crippen molar-refractivity contribution in [1.29, 1.82) is 0 Å². The van der Waals surface area contributed by atoms with E-state index in [0.717, 1.165) is 19.0 Å². The highest BCUT2D eigenvalue weighted by Gasteiger charge is 2.31. The molecule has 110 valence electrons. The van der Waals surface area contributed by atoms with Crippen LogP contribution in [0.4, 0.5) is 4.39 Å². The normalized spacial score (nSPS) is 23.2. The molecule has 0 saturated carbocycles.